The maximum absolute atomic E-state index is 11.5. The molecular formula is C11H12N4O2. The number of hydrogen-bond acceptors (Lipinski definition) is 4. The molecule has 1 amide bonds. The number of aliphatic hydroxyl groups excluding tert-OH is 1. The van der Waals surface area contributed by atoms with E-state index in [1.165, 1.54) is 4.68 Å². The van der Waals surface area contributed by atoms with Crippen LogP contribution in [0.1, 0.15) is 10.5 Å². The average molecular weight is 232 g/mol. The summed E-state index contributed by atoms with van der Waals surface area (Å²) in [4.78, 5) is 11.5. The van der Waals surface area contributed by atoms with Crippen LogP contribution < -0.4 is 5.32 Å². The Morgan fingerprint density at radius 3 is 2.82 bits per heavy atom. The van der Waals surface area contributed by atoms with Gasteiger partial charge in [0, 0.05) is 6.54 Å². The summed E-state index contributed by atoms with van der Waals surface area (Å²) in [7, 11) is 0. The van der Waals surface area contributed by atoms with Gasteiger partial charge in [0.2, 0.25) is 0 Å². The Morgan fingerprint density at radius 2 is 2.12 bits per heavy atom. The molecule has 0 aliphatic carbocycles. The second kappa shape index (κ2) is 5.22. The molecule has 0 saturated heterocycles. The number of amides is 1. The molecule has 1 aromatic heterocycles. The van der Waals surface area contributed by atoms with Gasteiger partial charge >= 0.3 is 0 Å². The molecule has 0 spiro atoms. The van der Waals surface area contributed by atoms with E-state index in [2.05, 4.69) is 15.6 Å². The standard InChI is InChI=1S/C11H12N4O2/c16-7-6-12-11(17)10-8-15(14-13-10)9-4-2-1-3-5-9/h1-5,8,16H,6-7H2,(H,12,17). The lowest BCUT2D eigenvalue weighted by atomic mass is 10.3. The molecule has 88 valence electrons. The molecule has 6 nitrogen and oxygen atoms in total. The van der Waals surface area contributed by atoms with E-state index in [-0.39, 0.29) is 24.8 Å². The average Bonchev–Trinajstić information content (AvgIpc) is 2.86. The largest absolute Gasteiger partial charge is 0.395 e. The number of carbonyl (C=O) groups is 1. The van der Waals surface area contributed by atoms with Crippen molar-refractivity contribution in [2.24, 2.45) is 0 Å². The molecule has 2 rings (SSSR count). The molecule has 0 fully saturated rings. The van der Waals surface area contributed by atoms with Gasteiger partial charge in [0.15, 0.2) is 5.69 Å². The zero-order valence-corrected chi connectivity index (χ0v) is 9.08. The Kier molecular flexibility index (Phi) is 3.46. The molecule has 2 N–H and O–H groups in total. The van der Waals surface area contributed by atoms with Crippen LogP contribution in [0.15, 0.2) is 36.5 Å². The first-order chi connectivity index (χ1) is 8.31. The smallest absolute Gasteiger partial charge is 0.273 e. The van der Waals surface area contributed by atoms with Crippen molar-refractivity contribution in [2.75, 3.05) is 13.2 Å². The van der Waals surface area contributed by atoms with Crippen LogP contribution in [0, 0.1) is 0 Å². The summed E-state index contributed by atoms with van der Waals surface area (Å²) < 4.78 is 1.52. The minimum Gasteiger partial charge on any atom is -0.395 e. The molecule has 17 heavy (non-hydrogen) atoms. The van der Waals surface area contributed by atoms with Gasteiger partial charge in [-0.25, -0.2) is 4.68 Å². The normalized spacial score (nSPS) is 10.2. The van der Waals surface area contributed by atoms with Gasteiger partial charge in [-0.2, -0.15) is 0 Å². The molecule has 2 aromatic rings. The van der Waals surface area contributed by atoms with E-state index in [0.29, 0.717) is 0 Å². The minimum atomic E-state index is -0.346. The number of aliphatic hydroxyl groups is 1. The summed E-state index contributed by atoms with van der Waals surface area (Å²) in [6.07, 6.45) is 1.54. The van der Waals surface area contributed by atoms with Crippen molar-refractivity contribution in [2.45, 2.75) is 0 Å². The van der Waals surface area contributed by atoms with E-state index in [4.69, 9.17) is 5.11 Å². The van der Waals surface area contributed by atoms with Gasteiger partial charge in [-0.05, 0) is 12.1 Å². The van der Waals surface area contributed by atoms with E-state index in [1.54, 1.807) is 6.20 Å². The molecule has 0 saturated carbocycles. The van der Waals surface area contributed by atoms with Crippen LogP contribution in [0.3, 0.4) is 0 Å². The number of aromatic nitrogens is 3. The lowest BCUT2D eigenvalue weighted by Crippen LogP contribution is -2.26. The van der Waals surface area contributed by atoms with Crippen LogP contribution in [-0.4, -0.2) is 39.2 Å². The molecular weight excluding hydrogens is 220 g/mol. The van der Waals surface area contributed by atoms with Crippen molar-refractivity contribution in [1.29, 1.82) is 0 Å². The number of hydrogen-bond donors (Lipinski definition) is 2. The van der Waals surface area contributed by atoms with Crippen LogP contribution in [0.25, 0.3) is 5.69 Å². The Hall–Kier alpha value is -2.21. The Labute approximate surface area is 97.9 Å². The van der Waals surface area contributed by atoms with Crippen molar-refractivity contribution in [3.05, 3.63) is 42.2 Å². The van der Waals surface area contributed by atoms with Gasteiger partial charge in [-0.1, -0.05) is 23.4 Å². The van der Waals surface area contributed by atoms with Crippen molar-refractivity contribution in [1.82, 2.24) is 20.3 Å². The van der Waals surface area contributed by atoms with Gasteiger partial charge < -0.3 is 10.4 Å². The lowest BCUT2D eigenvalue weighted by molar-refractivity contribution is 0.0939. The molecule has 6 heteroatoms. The summed E-state index contributed by atoms with van der Waals surface area (Å²) >= 11 is 0. The second-order valence-electron chi connectivity index (χ2n) is 3.36. The highest BCUT2D eigenvalue weighted by atomic mass is 16.3. The van der Waals surface area contributed by atoms with E-state index < -0.39 is 0 Å². The van der Waals surface area contributed by atoms with Crippen LogP contribution in [0.4, 0.5) is 0 Å². The highest BCUT2D eigenvalue weighted by Gasteiger charge is 2.10. The van der Waals surface area contributed by atoms with Gasteiger partial charge in [-0.15, -0.1) is 5.10 Å². The van der Waals surface area contributed by atoms with Gasteiger partial charge in [-0.3, -0.25) is 4.79 Å². The number of carbonyl (C=O) groups excluding carboxylic acids is 1. The Bertz CT molecular complexity index is 495. The third-order valence-corrected chi connectivity index (χ3v) is 2.14. The fourth-order valence-corrected chi connectivity index (χ4v) is 1.33. The molecule has 0 aliphatic rings. The summed E-state index contributed by atoms with van der Waals surface area (Å²) in [5.41, 5.74) is 1.06. The molecule has 0 atom stereocenters. The predicted octanol–water partition coefficient (Wildman–Crippen LogP) is -0.0106. The first kappa shape index (κ1) is 11.3. The highest BCUT2D eigenvalue weighted by molar-refractivity contribution is 5.91. The Morgan fingerprint density at radius 1 is 1.35 bits per heavy atom. The molecule has 0 unspecified atom stereocenters. The minimum absolute atomic E-state index is 0.0986. The van der Waals surface area contributed by atoms with Gasteiger partial charge in [0.05, 0.1) is 18.5 Å². The maximum atomic E-state index is 11.5. The number of nitrogens with one attached hydrogen (secondary N) is 1. The van der Waals surface area contributed by atoms with Crippen molar-refractivity contribution < 1.29 is 9.90 Å². The third kappa shape index (κ3) is 2.67. The highest BCUT2D eigenvalue weighted by Crippen LogP contribution is 2.05. The lowest BCUT2D eigenvalue weighted by Gasteiger charge is -1.98. The van der Waals surface area contributed by atoms with E-state index >= 15 is 0 Å². The van der Waals surface area contributed by atoms with Crippen molar-refractivity contribution >= 4 is 5.91 Å². The fraction of sp³-hybridized carbons (Fsp3) is 0.182. The molecule has 0 radical (unpaired) electrons. The molecule has 0 bridgehead atoms. The third-order valence-electron chi connectivity index (χ3n) is 2.14. The zero-order chi connectivity index (χ0) is 12.1. The van der Waals surface area contributed by atoms with Crippen LogP contribution >= 0.6 is 0 Å². The summed E-state index contributed by atoms with van der Waals surface area (Å²) in [6, 6.07) is 9.38. The topological polar surface area (TPSA) is 80.0 Å². The van der Waals surface area contributed by atoms with E-state index in [1.807, 2.05) is 30.3 Å². The first-order valence-electron chi connectivity index (χ1n) is 5.18. The number of para-hydroxylation sites is 1. The van der Waals surface area contributed by atoms with Crippen molar-refractivity contribution in [3.63, 3.8) is 0 Å². The number of benzene rings is 1. The van der Waals surface area contributed by atoms with E-state index in [0.717, 1.165) is 5.69 Å². The quantitative estimate of drug-likeness (QED) is 0.777. The molecule has 1 heterocycles. The summed E-state index contributed by atoms with van der Waals surface area (Å²) in [5, 5.41) is 18.7. The zero-order valence-electron chi connectivity index (χ0n) is 9.08. The number of rotatable bonds is 4. The summed E-state index contributed by atoms with van der Waals surface area (Å²) in [6.45, 7) is 0.107. The van der Waals surface area contributed by atoms with Crippen LogP contribution in [0.5, 0.6) is 0 Å². The van der Waals surface area contributed by atoms with Crippen LogP contribution in [0.2, 0.25) is 0 Å². The SMILES string of the molecule is O=C(NCCO)c1cn(-c2ccccc2)nn1. The predicted molar refractivity (Wildman–Crippen MR) is 60.8 cm³/mol. The van der Waals surface area contributed by atoms with Crippen molar-refractivity contribution in [3.8, 4) is 5.69 Å². The fourth-order valence-electron chi connectivity index (χ4n) is 1.33. The first-order valence-corrected chi connectivity index (χ1v) is 5.18. The van der Waals surface area contributed by atoms with Crippen LogP contribution in [-0.2, 0) is 0 Å². The molecule has 0 aliphatic heterocycles. The van der Waals surface area contributed by atoms with Gasteiger partial charge in [0.25, 0.3) is 5.91 Å². The van der Waals surface area contributed by atoms with E-state index in [9.17, 15) is 4.79 Å². The maximum Gasteiger partial charge on any atom is 0.273 e. The number of nitrogens with zero attached hydrogens (tertiary/aromatic N) is 3. The Balaban J connectivity index is 2.14. The van der Waals surface area contributed by atoms with Gasteiger partial charge in [0.1, 0.15) is 0 Å². The monoisotopic (exact) mass is 232 g/mol. The second-order valence-corrected chi connectivity index (χ2v) is 3.36. The summed E-state index contributed by atoms with van der Waals surface area (Å²) in [5.74, 6) is -0.346. The molecule has 1 aromatic carbocycles.